The Morgan fingerprint density at radius 2 is 1.76 bits per heavy atom. The molecule has 9 heteroatoms. The number of anilines is 1. The van der Waals surface area contributed by atoms with E-state index in [4.69, 9.17) is 9.47 Å². The molecular formula is C29H34N4O5. The molecule has 0 radical (unpaired) electrons. The summed E-state index contributed by atoms with van der Waals surface area (Å²) in [6.45, 7) is 7.01. The van der Waals surface area contributed by atoms with Crippen LogP contribution < -0.4 is 5.32 Å². The van der Waals surface area contributed by atoms with Crippen LogP contribution in [0.15, 0.2) is 54.6 Å². The Hall–Kier alpha value is -3.85. The van der Waals surface area contributed by atoms with Crippen molar-refractivity contribution in [2.24, 2.45) is 0 Å². The number of fused-ring (bicyclic) bond motifs is 1. The van der Waals surface area contributed by atoms with E-state index < -0.39 is 17.7 Å². The molecule has 1 unspecified atom stereocenters. The predicted octanol–water partition coefficient (Wildman–Crippen LogP) is 4.37. The van der Waals surface area contributed by atoms with Gasteiger partial charge in [0.15, 0.2) is 0 Å². The van der Waals surface area contributed by atoms with E-state index in [0.717, 1.165) is 16.5 Å². The van der Waals surface area contributed by atoms with Crippen molar-refractivity contribution < 1.29 is 23.9 Å². The maximum Gasteiger partial charge on any atom is 0.410 e. The van der Waals surface area contributed by atoms with Gasteiger partial charge in [-0.25, -0.2) is 4.79 Å². The topological polar surface area (TPSA) is 104 Å². The van der Waals surface area contributed by atoms with Gasteiger partial charge in [-0.05, 0) is 57.0 Å². The molecule has 1 aromatic heterocycles. The number of aromatic amines is 1. The molecule has 2 fully saturated rings. The number of aromatic nitrogens is 1. The van der Waals surface area contributed by atoms with Crippen LogP contribution in [-0.4, -0.2) is 77.2 Å². The molecular weight excluding hydrogens is 484 g/mol. The Kier molecular flexibility index (Phi) is 6.88. The predicted molar refractivity (Wildman–Crippen MR) is 144 cm³/mol. The van der Waals surface area contributed by atoms with Gasteiger partial charge in [0.1, 0.15) is 17.3 Å². The maximum absolute atomic E-state index is 13.7. The summed E-state index contributed by atoms with van der Waals surface area (Å²) in [5.41, 5.74) is 2.22. The van der Waals surface area contributed by atoms with Gasteiger partial charge in [0.05, 0.1) is 6.10 Å². The first-order chi connectivity index (χ1) is 18.1. The first-order valence-corrected chi connectivity index (χ1v) is 12.9. The summed E-state index contributed by atoms with van der Waals surface area (Å²) in [5.74, 6) is -0.513. The fourth-order valence-electron chi connectivity index (χ4n) is 5.16. The molecule has 2 aliphatic rings. The second-order valence-corrected chi connectivity index (χ2v) is 11.0. The summed E-state index contributed by atoms with van der Waals surface area (Å²) in [5, 5.41) is 3.82. The minimum atomic E-state index is -0.716. The van der Waals surface area contributed by atoms with Gasteiger partial charge < -0.3 is 24.7 Å². The van der Waals surface area contributed by atoms with Crippen molar-refractivity contribution in [3.05, 3.63) is 65.9 Å². The molecule has 2 atom stereocenters. The third-order valence-corrected chi connectivity index (χ3v) is 7.11. The molecule has 5 rings (SSSR count). The first-order valence-electron chi connectivity index (χ1n) is 12.9. The van der Waals surface area contributed by atoms with E-state index in [1.54, 1.807) is 24.1 Å². The van der Waals surface area contributed by atoms with E-state index in [-0.39, 0.29) is 23.8 Å². The number of amides is 3. The average molecular weight is 519 g/mol. The normalized spacial score (nSPS) is 19.9. The number of carbonyl (C=O) groups is 3. The number of hydrogen-bond acceptors (Lipinski definition) is 5. The highest BCUT2D eigenvalue weighted by Crippen LogP contribution is 2.35. The van der Waals surface area contributed by atoms with Crippen molar-refractivity contribution in [1.82, 2.24) is 14.8 Å². The molecule has 38 heavy (non-hydrogen) atoms. The minimum Gasteiger partial charge on any atom is -0.444 e. The van der Waals surface area contributed by atoms with Gasteiger partial charge in [-0.3, -0.25) is 14.5 Å². The van der Waals surface area contributed by atoms with Crippen LogP contribution in [0.4, 0.5) is 10.5 Å². The van der Waals surface area contributed by atoms with Crippen molar-refractivity contribution in [3.63, 3.8) is 0 Å². The molecule has 3 amide bonds. The van der Waals surface area contributed by atoms with Gasteiger partial charge in [0.2, 0.25) is 5.91 Å². The van der Waals surface area contributed by atoms with Crippen molar-refractivity contribution in [2.45, 2.75) is 50.9 Å². The summed E-state index contributed by atoms with van der Waals surface area (Å²) in [6, 6.07) is 16.3. The Labute approximate surface area is 222 Å². The minimum absolute atomic E-state index is 0.0789. The van der Waals surface area contributed by atoms with Crippen LogP contribution in [0.25, 0.3) is 10.9 Å². The fraction of sp³-hybridized carbons (Fsp3) is 0.414. The number of H-pyrrole nitrogens is 1. The fourth-order valence-corrected chi connectivity index (χ4v) is 5.16. The van der Waals surface area contributed by atoms with Gasteiger partial charge in [-0.2, -0.15) is 0 Å². The van der Waals surface area contributed by atoms with E-state index >= 15 is 0 Å². The molecule has 3 heterocycles. The van der Waals surface area contributed by atoms with Crippen LogP contribution in [0, 0.1) is 0 Å². The summed E-state index contributed by atoms with van der Waals surface area (Å²) in [7, 11) is 1.64. The summed E-state index contributed by atoms with van der Waals surface area (Å²) in [4.78, 5) is 45.9. The Morgan fingerprint density at radius 3 is 2.45 bits per heavy atom. The van der Waals surface area contributed by atoms with Gasteiger partial charge in [0, 0.05) is 49.3 Å². The van der Waals surface area contributed by atoms with Gasteiger partial charge in [-0.1, -0.05) is 30.3 Å². The van der Waals surface area contributed by atoms with Crippen molar-refractivity contribution in [3.8, 4) is 0 Å². The molecule has 2 saturated heterocycles. The highest BCUT2D eigenvalue weighted by atomic mass is 16.6. The largest absolute Gasteiger partial charge is 0.444 e. The molecule has 0 spiro atoms. The summed E-state index contributed by atoms with van der Waals surface area (Å²) in [6.07, 6.45) is 0.243. The summed E-state index contributed by atoms with van der Waals surface area (Å²) >= 11 is 0. The van der Waals surface area contributed by atoms with Gasteiger partial charge in [0.25, 0.3) is 5.91 Å². The number of methoxy groups -OCH3 is 1. The zero-order chi connectivity index (χ0) is 27.0. The van der Waals surface area contributed by atoms with E-state index in [9.17, 15) is 14.4 Å². The first kappa shape index (κ1) is 25.8. The van der Waals surface area contributed by atoms with Crippen molar-refractivity contribution >= 4 is 34.5 Å². The zero-order valence-electron chi connectivity index (χ0n) is 22.2. The molecule has 0 bridgehead atoms. The number of benzene rings is 2. The van der Waals surface area contributed by atoms with Crippen molar-refractivity contribution in [1.29, 1.82) is 0 Å². The molecule has 0 aliphatic carbocycles. The van der Waals surface area contributed by atoms with Crippen LogP contribution in [0.2, 0.25) is 0 Å². The van der Waals surface area contributed by atoms with E-state index in [2.05, 4.69) is 10.3 Å². The van der Waals surface area contributed by atoms with Crippen LogP contribution in [0.5, 0.6) is 0 Å². The quantitative estimate of drug-likeness (QED) is 0.522. The van der Waals surface area contributed by atoms with Crippen LogP contribution in [0.1, 0.15) is 49.2 Å². The number of likely N-dealkylation sites (tertiary alicyclic amines) is 2. The molecule has 2 N–H and O–H groups in total. The molecule has 2 aromatic carbocycles. The lowest BCUT2D eigenvalue weighted by atomic mass is 9.91. The lowest BCUT2D eigenvalue weighted by Gasteiger charge is -2.37. The Bertz CT molecular complexity index is 1340. The molecule has 2 aliphatic heterocycles. The Morgan fingerprint density at radius 1 is 1.03 bits per heavy atom. The lowest BCUT2D eigenvalue weighted by molar-refractivity contribution is -0.120. The third kappa shape index (κ3) is 5.24. The second kappa shape index (κ2) is 10.1. The standard InChI is InChI=1S/C29H34N4O5/c1-29(2,3)38-28(36)33-13-12-22(18-8-6-5-7-9-18)25(33)26(34)30-20-10-11-23-19(14-20)15-24(31-23)27(35)32-16-21(17-32)37-4/h5-11,14-15,21-22,25,31H,12-13,16-17H2,1-4H3,(H,30,34)/t22-,25?/m1/s1. The van der Waals surface area contributed by atoms with Crippen LogP contribution in [-0.2, 0) is 14.3 Å². The van der Waals surface area contributed by atoms with Crippen LogP contribution in [0.3, 0.4) is 0 Å². The lowest BCUT2D eigenvalue weighted by Crippen LogP contribution is -2.54. The molecule has 200 valence electrons. The number of ether oxygens (including phenoxy) is 2. The summed E-state index contributed by atoms with van der Waals surface area (Å²) < 4.78 is 10.9. The molecule has 0 saturated carbocycles. The third-order valence-electron chi connectivity index (χ3n) is 7.11. The van der Waals surface area contributed by atoms with Gasteiger partial charge >= 0.3 is 6.09 Å². The monoisotopic (exact) mass is 518 g/mol. The number of hydrogen-bond donors (Lipinski definition) is 2. The highest BCUT2D eigenvalue weighted by molar-refractivity contribution is 6.02. The SMILES string of the molecule is COC1CN(C(=O)c2cc3cc(NC(=O)C4[C@@H](c5ccccc5)CCN4C(=O)OC(C)(C)C)ccc3[nH]2)C1. The second-order valence-electron chi connectivity index (χ2n) is 11.0. The smallest absolute Gasteiger partial charge is 0.410 e. The van der Waals surface area contributed by atoms with Gasteiger partial charge in [-0.15, -0.1) is 0 Å². The van der Waals surface area contributed by atoms with E-state index in [1.807, 2.05) is 63.2 Å². The number of nitrogens with one attached hydrogen (secondary N) is 2. The molecule has 9 nitrogen and oxygen atoms in total. The zero-order valence-corrected chi connectivity index (χ0v) is 22.2. The number of nitrogens with zero attached hydrogens (tertiary/aromatic N) is 2. The van der Waals surface area contributed by atoms with E-state index in [0.29, 0.717) is 37.4 Å². The highest BCUT2D eigenvalue weighted by Gasteiger charge is 2.44. The number of carbonyl (C=O) groups excluding carboxylic acids is 3. The van der Waals surface area contributed by atoms with Crippen molar-refractivity contribution in [2.75, 3.05) is 32.1 Å². The van der Waals surface area contributed by atoms with E-state index in [1.165, 1.54) is 4.90 Å². The molecule has 3 aromatic rings. The average Bonchev–Trinajstić information content (AvgIpc) is 3.47. The maximum atomic E-state index is 13.7. The van der Waals surface area contributed by atoms with Crippen LogP contribution >= 0.6 is 0 Å². The Balaban J connectivity index is 1.36. The number of rotatable bonds is 5.